The van der Waals surface area contributed by atoms with Gasteiger partial charge < -0.3 is 0 Å². The smallest absolute Gasteiger partial charge is 0.0734 e. The van der Waals surface area contributed by atoms with Crippen LogP contribution in [0.4, 0.5) is 0 Å². The molecule has 3 nitrogen and oxygen atoms in total. The predicted molar refractivity (Wildman–Crippen MR) is 57.1 cm³/mol. The third-order valence-electron chi connectivity index (χ3n) is 2.73. The first-order valence-corrected chi connectivity index (χ1v) is 5.05. The van der Waals surface area contributed by atoms with Gasteiger partial charge >= 0.3 is 0 Å². The normalized spacial score (nSPS) is 22.0. The summed E-state index contributed by atoms with van der Waals surface area (Å²) >= 11 is 0. The van der Waals surface area contributed by atoms with Crippen LogP contribution in [0, 0.1) is 0 Å². The maximum Gasteiger partial charge on any atom is 0.0734 e. The summed E-state index contributed by atoms with van der Waals surface area (Å²) in [5, 5.41) is 6.13. The fourth-order valence-corrected chi connectivity index (χ4v) is 2.00. The Labute approximate surface area is 84.5 Å². The third kappa shape index (κ3) is 1.76. The highest BCUT2D eigenvalue weighted by Gasteiger charge is 2.21. The van der Waals surface area contributed by atoms with E-state index in [-0.39, 0.29) is 0 Å². The molecule has 1 atom stereocenters. The van der Waals surface area contributed by atoms with E-state index in [0.717, 1.165) is 13.0 Å². The van der Waals surface area contributed by atoms with Gasteiger partial charge in [0.15, 0.2) is 0 Å². The second-order valence-corrected chi connectivity index (χ2v) is 3.60. The van der Waals surface area contributed by atoms with Crippen molar-refractivity contribution in [3.8, 4) is 0 Å². The van der Waals surface area contributed by atoms with Crippen LogP contribution < -0.4 is 0 Å². The van der Waals surface area contributed by atoms with Crippen molar-refractivity contribution in [3.63, 3.8) is 0 Å². The first-order valence-electron chi connectivity index (χ1n) is 5.05. The van der Waals surface area contributed by atoms with E-state index in [1.54, 1.807) is 6.20 Å². The number of hydrazone groups is 1. The summed E-state index contributed by atoms with van der Waals surface area (Å²) in [6.07, 6.45) is 7.37. The quantitative estimate of drug-likeness (QED) is 0.667. The van der Waals surface area contributed by atoms with E-state index in [2.05, 4.69) is 27.9 Å². The zero-order chi connectivity index (χ0) is 9.80. The third-order valence-corrected chi connectivity index (χ3v) is 2.73. The molecule has 0 aromatic carbocycles. The maximum absolute atomic E-state index is 4.14. The average Bonchev–Trinajstić information content (AvgIpc) is 2.30. The molecular formula is C11H15N3. The monoisotopic (exact) mass is 189 g/mol. The minimum absolute atomic E-state index is 0.384. The summed E-state index contributed by atoms with van der Waals surface area (Å²) in [6.45, 7) is 4.63. The van der Waals surface area contributed by atoms with Crippen molar-refractivity contribution in [3.05, 3.63) is 30.1 Å². The number of aromatic nitrogens is 1. The molecule has 0 saturated carbocycles. The minimum Gasteiger partial charge on any atom is -0.290 e. The van der Waals surface area contributed by atoms with Crippen LogP contribution in [0.5, 0.6) is 0 Å². The largest absolute Gasteiger partial charge is 0.290 e. The Kier molecular flexibility index (Phi) is 2.77. The van der Waals surface area contributed by atoms with Gasteiger partial charge in [0, 0.05) is 25.7 Å². The lowest BCUT2D eigenvalue weighted by Gasteiger charge is -2.33. The number of nitrogens with zero attached hydrogens (tertiary/aromatic N) is 3. The molecule has 0 radical (unpaired) electrons. The highest BCUT2D eigenvalue weighted by atomic mass is 15.5. The summed E-state index contributed by atoms with van der Waals surface area (Å²) < 4.78 is 0. The van der Waals surface area contributed by atoms with Gasteiger partial charge in [0.05, 0.1) is 6.04 Å². The average molecular weight is 189 g/mol. The lowest BCUT2D eigenvalue weighted by Crippen LogP contribution is -2.28. The molecule has 0 bridgehead atoms. The molecule has 0 aliphatic carbocycles. The van der Waals surface area contributed by atoms with E-state index in [1.807, 2.05) is 12.3 Å². The van der Waals surface area contributed by atoms with Gasteiger partial charge in [-0.3, -0.25) is 9.99 Å². The van der Waals surface area contributed by atoms with Crippen molar-refractivity contribution >= 4 is 6.72 Å². The van der Waals surface area contributed by atoms with Gasteiger partial charge in [0.25, 0.3) is 0 Å². The Balaban J connectivity index is 2.19. The van der Waals surface area contributed by atoms with E-state index in [9.17, 15) is 0 Å². The molecule has 74 valence electrons. The molecule has 0 amide bonds. The minimum atomic E-state index is 0.384. The Morgan fingerprint density at radius 2 is 2.43 bits per heavy atom. The van der Waals surface area contributed by atoms with Gasteiger partial charge in [-0.2, -0.15) is 5.10 Å². The van der Waals surface area contributed by atoms with E-state index in [0.29, 0.717) is 6.04 Å². The van der Waals surface area contributed by atoms with Crippen LogP contribution in [0.25, 0.3) is 0 Å². The molecule has 1 unspecified atom stereocenters. The van der Waals surface area contributed by atoms with Crippen molar-refractivity contribution in [1.29, 1.82) is 0 Å². The van der Waals surface area contributed by atoms with Crippen molar-refractivity contribution in [2.24, 2.45) is 5.10 Å². The molecule has 14 heavy (non-hydrogen) atoms. The van der Waals surface area contributed by atoms with Crippen molar-refractivity contribution in [1.82, 2.24) is 9.99 Å². The molecule has 1 aromatic heterocycles. The highest BCUT2D eigenvalue weighted by molar-refractivity contribution is 5.23. The molecule has 3 heteroatoms. The molecule has 0 N–H and O–H groups in total. The Morgan fingerprint density at radius 3 is 3.14 bits per heavy atom. The Hall–Kier alpha value is -1.38. The van der Waals surface area contributed by atoms with Gasteiger partial charge in [-0.25, -0.2) is 0 Å². The summed E-state index contributed by atoms with van der Waals surface area (Å²) in [4.78, 5) is 4.14. The molecule has 1 aliphatic rings. The van der Waals surface area contributed by atoms with Crippen LogP contribution in [-0.2, 0) is 0 Å². The van der Waals surface area contributed by atoms with E-state index >= 15 is 0 Å². The van der Waals surface area contributed by atoms with Gasteiger partial charge in [0.2, 0.25) is 0 Å². The summed E-state index contributed by atoms with van der Waals surface area (Å²) in [5.41, 5.74) is 1.25. The molecule has 2 rings (SSSR count). The maximum atomic E-state index is 4.14. The van der Waals surface area contributed by atoms with Gasteiger partial charge in [-0.05, 0) is 30.9 Å². The molecule has 0 spiro atoms. The fraction of sp³-hybridized carbons (Fsp3) is 0.455. The van der Waals surface area contributed by atoms with Crippen LogP contribution in [0.3, 0.4) is 0 Å². The first kappa shape index (κ1) is 9.19. The van der Waals surface area contributed by atoms with Crippen molar-refractivity contribution < 1.29 is 0 Å². The Morgan fingerprint density at radius 1 is 1.50 bits per heavy atom. The Bertz CT molecular complexity index is 297. The van der Waals surface area contributed by atoms with Crippen LogP contribution in [-0.4, -0.2) is 23.3 Å². The van der Waals surface area contributed by atoms with Gasteiger partial charge in [0.1, 0.15) is 0 Å². The van der Waals surface area contributed by atoms with Crippen molar-refractivity contribution in [2.45, 2.75) is 25.3 Å². The second kappa shape index (κ2) is 4.22. The number of hydrogen-bond acceptors (Lipinski definition) is 3. The van der Waals surface area contributed by atoms with Crippen molar-refractivity contribution in [2.75, 3.05) is 6.54 Å². The molecule has 1 aliphatic heterocycles. The number of piperidine rings is 1. The molecule has 2 heterocycles. The zero-order valence-electron chi connectivity index (χ0n) is 8.26. The molecule has 1 saturated heterocycles. The zero-order valence-corrected chi connectivity index (χ0v) is 8.26. The summed E-state index contributed by atoms with van der Waals surface area (Å²) in [6, 6.07) is 4.47. The lowest BCUT2D eigenvalue weighted by molar-refractivity contribution is 0.156. The first-order chi connectivity index (χ1) is 6.92. The molecule has 1 fully saturated rings. The summed E-state index contributed by atoms with van der Waals surface area (Å²) in [5.74, 6) is 0. The highest BCUT2D eigenvalue weighted by Crippen LogP contribution is 2.29. The van der Waals surface area contributed by atoms with Gasteiger partial charge in [-0.1, -0.05) is 6.07 Å². The lowest BCUT2D eigenvalue weighted by atomic mass is 9.98. The topological polar surface area (TPSA) is 28.5 Å². The van der Waals surface area contributed by atoms with Crippen LogP contribution >= 0.6 is 0 Å². The predicted octanol–water partition coefficient (Wildman–Crippen LogP) is 2.22. The molecular weight excluding hydrogens is 174 g/mol. The molecule has 1 aromatic rings. The van der Waals surface area contributed by atoms with Crippen LogP contribution in [0.2, 0.25) is 0 Å². The number of hydrogen-bond donors (Lipinski definition) is 0. The van der Waals surface area contributed by atoms with E-state index in [1.165, 1.54) is 18.4 Å². The van der Waals surface area contributed by atoms with E-state index in [4.69, 9.17) is 0 Å². The second-order valence-electron chi connectivity index (χ2n) is 3.60. The summed E-state index contributed by atoms with van der Waals surface area (Å²) in [7, 11) is 0. The van der Waals surface area contributed by atoms with Crippen LogP contribution in [0.1, 0.15) is 30.9 Å². The fourth-order valence-electron chi connectivity index (χ4n) is 2.00. The number of rotatable bonds is 2. The van der Waals surface area contributed by atoms with Crippen LogP contribution in [0.15, 0.2) is 29.6 Å². The number of pyridine rings is 1. The van der Waals surface area contributed by atoms with Gasteiger partial charge in [-0.15, -0.1) is 0 Å². The SMILES string of the molecule is C=NN1CCCCC1c1cccnc1. The standard InChI is InChI=1S/C11H15N3/c1-12-14-8-3-2-6-11(14)10-5-4-7-13-9-10/h4-5,7,9,11H,1-3,6,8H2. The van der Waals surface area contributed by atoms with E-state index < -0.39 is 0 Å².